The Labute approximate surface area is 191 Å². The molecule has 2 rings (SSSR count). The first-order valence-corrected chi connectivity index (χ1v) is 15.1. The first-order valence-electron chi connectivity index (χ1n) is 12.3. The lowest BCUT2D eigenvalue weighted by atomic mass is 10.0. The third-order valence-electron chi connectivity index (χ3n) is 7.11. The molecule has 0 aliphatic rings. The standard InChI is InChI=1S/C28H44O2Si/c1-7-9-13-31(14-10-8-2,15-11-25-17-21(3)27(29)22(4)18-25)16-12-26-19-23(5)28(30)24(6)20-26/h17-20,29-30H,7-16H2,1-6H3. The summed E-state index contributed by atoms with van der Waals surface area (Å²) in [6.45, 7) is 12.7. The Balaban J connectivity index is 2.24. The van der Waals surface area contributed by atoms with Gasteiger partial charge in [-0.2, -0.15) is 0 Å². The van der Waals surface area contributed by atoms with E-state index < -0.39 is 8.07 Å². The van der Waals surface area contributed by atoms with Gasteiger partial charge < -0.3 is 10.2 Å². The van der Waals surface area contributed by atoms with Gasteiger partial charge in [-0.1, -0.05) is 88.0 Å². The number of phenols is 2. The number of unbranched alkanes of at least 4 members (excludes halogenated alkanes) is 2. The van der Waals surface area contributed by atoms with E-state index in [2.05, 4.69) is 38.1 Å². The molecule has 0 fully saturated rings. The summed E-state index contributed by atoms with van der Waals surface area (Å²) in [6, 6.07) is 14.3. The van der Waals surface area contributed by atoms with Crippen LogP contribution in [0.15, 0.2) is 24.3 Å². The zero-order valence-corrected chi connectivity index (χ0v) is 21.8. The first-order chi connectivity index (χ1) is 14.7. The normalized spacial score (nSPS) is 11.8. The molecule has 0 saturated heterocycles. The molecule has 0 aromatic heterocycles. The molecule has 0 aliphatic heterocycles. The van der Waals surface area contributed by atoms with Crippen molar-refractivity contribution in [3.63, 3.8) is 0 Å². The highest BCUT2D eigenvalue weighted by atomic mass is 28.3. The van der Waals surface area contributed by atoms with Crippen LogP contribution >= 0.6 is 0 Å². The Bertz CT molecular complexity index is 739. The van der Waals surface area contributed by atoms with Crippen LogP contribution < -0.4 is 0 Å². The average molecular weight is 441 g/mol. The van der Waals surface area contributed by atoms with Crippen molar-refractivity contribution in [1.29, 1.82) is 0 Å². The van der Waals surface area contributed by atoms with Gasteiger partial charge in [0.15, 0.2) is 0 Å². The number of benzene rings is 2. The maximum atomic E-state index is 10.2. The predicted molar refractivity (Wildman–Crippen MR) is 137 cm³/mol. The van der Waals surface area contributed by atoms with Crippen LogP contribution in [0.2, 0.25) is 24.2 Å². The van der Waals surface area contributed by atoms with Crippen molar-refractivity contribution in [3.8, 4) is 11.5 Å². The molecule has 0 atom stereocenters. The van der Waals surface area contributed by atoms with Crippen LogP contribution in [0.5, 0.6) is 11.5 Å². The smallest absolute Gasteiger partial charge is 0.121 e. The van der Waals surface area contributed by atoms with Crippen LogP contribution in [-0.4, -0.2) is 18.3 Å². The Morgan fingerprint density at radius 2 is 0.903 bits per heavy atom. The fraction of sp³-hybridized carbons (Fsp3) is 0.571. The molecule has 2 N–H and O–H groups in total. The number of aromatic hydroxyl groups is 2. The third kappa shape index (κ3) is 7.13. The Morgan fingerprint density at radius 1 is 0.581 bits per heavy atom. The SMILES string of the molecule is CCCC[Si](CCCC)(CCc1cc(C)c(O)c(C)c1)CCc1cc(C)c(O)c(C)c1. The first kappa shape index (κ1) is 25.5. The minimum Gasteiger partial charge on any atom is -0.507 e. The van der Waals surface area contributed by atoms with Gasteiger partial charge in [0, 0.05) is 0 Å². The summed E-state index contributed by atoms with van der Waals surface area (Å²) in [5, 5.41) is 20.3. The molecule has 0 saturated carbocycles. The van der Waals surface area contributed by atoms with E-state index in [1.165, 1.54) is 61.0 Å². The number of aryl methyl sites for hydroxylation is 6. The summed E-state index contributed by atoms with van der Waals surface area (Å²) in [4.78, 5) is 0. The molecule has 0 heterocycles. The van der Waals surface area contributed by atoms with Gasteiger partial charge in [-0.25, -0.2) is 0 Å². The van der Waals surface area contributed by atoms with Crippen molar-refractivity contribution in [1.82, 2.24) is 0 Å². The molecule has 0 bridgehead atoms. The Kier molecular flexibility index (Phi) is 9.68. The van der Waals surface area contributed by atoms with Crippen molar-refractivity contribution in [2.45, 2.75) is 104 Å². The summed E-state index contributed by atoms with van der Waals surface area (Å²) in [6.07, 6.45) is 7.50. The fourth-order valence-corrected chi connectivity index (χ4v) is 10.4. The maximum absolute atomic E-state index is 10.2. The molecule has 2 aromatic rings. The van der Waals surface area contributed by atoms with E-state index in [1.54, 1.807) is 0 Å². The zero-order chi connectivity index (χ0) is 23.0. The number of hydrogen-bond donors (Lipinski definition) is 2. The molecule has 0 spiro atoms. The minimum absolute atomic E-state index is 0.447. The van der Waals surface area contributed by atoms with Crippen LogP contribution in [0.3, 0.4) is 0 Å². The summed E-state index contributed by atoms with van der Waals surface area (Å²) in [5.41, 5.74) is 6.76. The van der Waals surface area contributed by atoms with Crippen LogP contribution in [0.25, 0.3) is 0 Å². The molecule has 0 amide bonds. The van der Waals surface area contributed by atoms with E-state index in [-0.39, 0.29) is 0 Å². The van der Waals surface area contributed by atoms with Gasteiger partial charge in [0.2, 0.25) is 0 Å². The number of rotatable bonds is 12. The maximum Gasteiger partial charge on any atom is 0.121 e. The van der Waals surface area contributed by atoms with Gasteiger partial charge in [-0.15, -0.1) is 0 Å². The monoisotopic (exact) mass is 440 g/mol. The van der Waals surface area contributed by atoms with E-state index in [0.717, 1.165) is 35.1 Å². The number of phenolic OH excluding ortho intramolecular Hbond substituents is 2. The molecule has 31 heavy (non-hydrogen) atoms. The third-order valence-corrected chi connectivity index (χ3v) is 12.6. The molecule has 172 valence electrons. The lowest BCUT2D eigenvalue weighted by molar-refractivity contribution is 0.466. The van der Waals surface area contributed by atoms with Crippen LogP contribution in [0.4, 0.5) is 0 Å². The van der Waals surface area contributed by atoms with Crippen molar-refractivity contribution >= 4 is 8.07 Å². The molecule has 3 heteroatoms. The summed E-state index contributed by atoms with van der Waals surface area (Å²) >= 11 is 0. The van der Waals surface area contributed by atoms with Crippen LogP contribution in [0.1, 0.15) is 72.9 Å². The van der Waals surface area contributed by atoms with Gasteiger partial charge in [-0.05, 0) is 73.9 Å². The van der Waals surface area contributed by atoms with Gasteiger partial charge in [-0.3, -0.25) is 0 Å². The summed E-state index contributed by atoms with van der Waals surface area (Å²) < 4.78 is 0. The predicted octanol–water partition coefficient (Wildman–Crippen LogP) is 8.17. The highest BCUT2D eigenvalue weighted by Crippen LogP contribution is 2.35. The molecule has 2 aromatic carbocycles. The largest absolute Gasteiger partial charge is 0.507 e. The van der Waals surface area contributed by atoms with Crippen molar-refractivity contribution in [2.75, 3.05) is 0 Å². The zero-order valence-electron chi connectivity index (χ0n) is 20.8. The molecular weight excluding hydrogens is 396 g/mol. The molecule has 0 radical (unpaired) electrons. The molecule has 0 unspecified atom stereocenters. The van der Waals surface area contributed by atoms with Crippen molar-refractivity contribution in [2.24, 2.45) is 0 Å². The Hall–Kier alpha value is -1.74. The second-order valence-electron chi connectivity index (χ2n) is 9.86. The van der Waals surface area contributed by atoms with Crippen LogP contribution in [0, 0.1) is 27.7 Å². The van der Waals surface area contributed by atoms with Gasteiger partial charge in [0.05, 0.1) is 8.07 Å². The van der Waals surface area contributed by atoms with E-state index in [0.29, 0.717) is 11.5 Å². The molecule has 2 nitrogen and oxygen atoms in total. The van der Waals surface area contributed by atoms with Gasteiger partial charge in [0.1, 0.15) is 11.5 Å². The molecule has 0 aliphatic carbocycles. The highest BCUT2D eigenvalue weighted by Gasteiger charge is 2.31. The fourth-order valence-electron chi connectivity index (χ4n) is 5.05. The Morgan fingerprint density at radius 3 is 1.19 bits per heavy atom. The van der Waals surface area contributed by atoms with E-state index >= 15 is 0 Å². The summed E-state index contributed by atoms with van der Waals surface area (Å²) in [7, 11) is -1.42. The molecular formula is C28H44O2Si. The van der Waals surface area contributed by atoms with Crippen molar-refractivity contribution < 1.29 is 10.2 Å². The van der Waals surface area contributed by atoms with Crippen molar-refractivity contribution in [3.05, 3.63) is 57.6 Å². The minimum atomic E-state index is -1.42. The lowest BCUT2D eigenvalue weighted by Crippen LogP contribution is -2.35. The number of hydrogen-bond acceptors (Lipinski definition) is 2. The second kappa shape index (κ2) is 11.8. The summed E-state index contributed by atoms with van der Waals surface area (Å²) in [5.74, 6) is 0.893. The topological polar surface area (TPSA) is 40.5 Å². The van der Waals surface area contributed by atoms with Gasteiger partial charge >= 0.3 is 0 Å². The van der Waals surface area contributed by atoms with Gasteiger partial charge in [0.25, 0.3) is 0 Å². The van der Waals surface area contributed by atoms with Crippen LogP contribution in [-0.2, 0) is 12.8 Å². The quantitative estimate of drug-likeness (QED) is 0.327. The average Bonchev–Trinajstić information content (AvgIpc) is 2.74. The second-order valence-corrected chi connectivity index (χ2v) is 14.9. The van der Waals surface area contributed by atoms with E-state index in [9.17, 15) is 10.2 Å². The highest BCUT2D eigenvalue weighted by molar-refractivity contribution is 6.79. The van der Waals surface area contributed by atoms with E-state index in [1.807, 2.05) is 27.7 Å². The lowest BCUT2D eigenvalue weighted by Gasteiger charge is -2.33. The van der Waals surface area contributed by atoms with E-state index in [4.69, 9.17) is 0 Å².